The molecule has 0 spiro atoms. The number of benzene rings is 1. The maximum atomic E-state index is 13.0. The van der Waals surface area contributed by atoms with Crippen molar-refractivity contribution in [3.8, 4) is 0 Å². The molecule has 0 fully saturated rings. The lowest BCUT2D eigenvalue weighted by molar-refractivity contribution is 0.0778. The second-order valence-electron chi connectivity index (χ2n) is 3.94. The molecule has 92 valence electrons. The Balaban J connectivity index is 2.93. The summed E-state index contributed by atoms with van der Waals surface area (Å²) in [6.07, 6.45) is 0. The van der Waals surface area contributed by atoms with E-state index in [9.17, 15) is 9.18 Å². The maximum Gasteiger partial charge on any atom is 0.254 e. The molecule has 0 atom stereocenters. The number of rotatable bonds is 4. The summed E-state index contributed by atoms with van der Waals surface area (Å²) < 4.78 is 13.0. The molecule has 0 aliphatic heterocycles. The van der Waals surface area contributed by atoms with Crippen molar-refractivity contribution in [2.24, 2.45) is 0 Å². The summed E-state index contributed by atoms with van der Waals surface area (Å²) in [6.45, 7) is 8.64. The van der Waals surface area contributed by atoms with Crippen LogP contribution >= 0.6 is 12.6 Å². The van der Waals surface area contributed by atoms with Crippen LogP contribution in [-0.4, -0.2) is 23.9 Å². The molecule has 0 radical (unpaired) electrons. The molecule has 0 heterocycles. The highest BCUT2D eigenvalue weighted by atomic mass is 32.1. The summed E-state index contributed by atoms with van der Waals surface area (Å²) in [5.41, 5.74) is 1.35. The van der Waals surface area contributed by atoms with E-state index in [-0.39, 0.29) is 10.8 Å². The topological polar surface area (TPSA) is 20.3 Å². The van der Waals surface area contributed by atoms with Crippen LogP contribution in [0.2, 0.25) is 0 Å². The van der Waals surface area contributed by atoms with Crippen molar-refractivity contribution in [3.05, 3.63) is 41.7 Å². The molecule has 0 N–H and O–H groups in total. The van der Waals surface area contributed by atoms with Crippen LogP contribution < -0.4 is 0 Å². The number of carbonyl (C=O) groups is 1. The standard InChI is InChI=1S/C13H16FNOS/c1-4-15(8-9(2)3)13(16)10-5-6-11(14)12(17)7-10/h5-7,17H,2,4,8H2,1,3H3. The zero-order chi connectivity index (χ0) is 13.0. The predicted molar refractivity (Wildman–Crippen MR) is 70.0 cm³/mol. The van der Waals surface area contributed by atoms with Crippen LogP contribution in [0.3, 0.4) is 0 Å². The van der Waals surface area contributed by atoms with E-state index in [1.54, 1.807) is 4.90 Å². The zero-order valence-electron chi connectivity index (χ0n) is 10.0. The van der Waals surface area contributed by atoms with Gasteiger partial charge in [-0.05, 0) is 32.0 Å². The largest absolute Gasteiger partial charge is 0.335 e. The van der Waals surface area contributed by atoms with Gasteiger partial charge in [0.05, 0.1) is 0 Å². The van der Waals surface area contributed by atoms with E-state index < -0.39 is 5.82 Å². The molecule has 0 bridgehead atoms. The van der Waals surface area contributed by atoms with E-state index in [0.717, 1.165) is 5.57 Å². The number of likely N-dealkylation sites (N-methyl/N-ethyl adjacent to an activating group) is 1. The van der Waals surface area contributed by atoms with Crippen LogP contribution in [0.4, 0.5) is 4.39 Å². The molecule has 0 saturated heterocycles. The van der Waals surface area contributed by atoms with Gasteiger partial charge in [-0.3, -0.25) is 4.79 Å². The van der Waals surface area contributed by atoms with Crippen LogP contribution in [0.25, 0.3) is 0 Å². The molecular weight excluding hydrogens is 237 g/mol. The van der Waals surface area contributed by atoms with Crippen molar-refractivity contribution in [1.82, 2.24) is 4.90 Å². The Morgan fingerprint density at radius 2 is 2.18 bits per heavy atom. The maximum absolute atomic E-state index is 13.0. The summed E-state index contributed by atoms with van der Waals surface area (Å²) in [6, 6.07) is 4.17. The van der Waals surface area contributed by atoms with Crippen LogP contribution in [0.5, 0.6) is 0 Å². The average Bonchev–Trinajstić information content (AvgIpc) is 2.28. The van der Waals surface area contributed by atoms with Gasteiger partial charge < -0.3 is 4.90 Å². The number of halogens is 1. The van der Waals surface area contributed by atoms with Gasteiger partial charge in [-0.2, -0.15) is 0 Å². The molecular formula is C13H16FNOS. The van der Waals surface area contributed by atoms with Crippen LogP contribution in [0.1, 0.15) is 24.2 Å². The fourth-order valence-electron chi connectivity index (χ4n) is 1.48. The second kappa shape index (κ2) is 5.87. The number of amides is 1. The molecule has 0 aliphatic rings. The Morgan fingerprint density at radius 1 is 1.53 bits per heavy atom. The van der Waals surface area contributed by atoms with Crippen LogP contribution in [-0.2, 0) is 0 Å². The molecule has 0 saturated carbocycles. The van der Waals surface area contributed by atoms with Gasteiger partial charge in [0.2, 0.25) is 0 Å². The summed E-state index contributed by atoms with van der Waals surface area (Å²) in [5.74, 6) is -0.557. The highest BCUT2D eigenvalue weighted by Gasteiger charge is 2.15. The van der Waals surface area contributed by atoms with Crippen molar-refractivity contribution >= 4 is 18.5 Å². The summed E-state index contributed by atoms with van der Waals surface area (Å²) in [5, 5.41) is 0. The fourth-order valence-corrected chi connectivity index (χ4v) is 1.69. The number of hydrogen-bond donors (Lipinski definition) is 1. The second-order valence-corrected chi connectivity index (χ2v) is 4.42. The van der Waals surface area contributed by atoms with E-state index >= 15 is 0 Å². The summed E-state index contributed by atoms with van der Waals surface area (Å²) >= 11 is 3.97. The van der Waals surface area contributed by atoms with Gasteiger partial charge in [0, 0.05) is 23.5 Å². The third kappa shape index (κ3) is 3.60. The molecule has 1 amide bonds. The van der Waals surface area contributed by atoms with Crippen molar-refractivity contribution in [1.29, 1.82) is 0 Å². The highest BCUT2D eigenvalue weighted by Crippen LogP contribution is 2.16. The Morgan fingerprint density at radius 3 is 2.65 bits per heavy atom. The van der Waals surface area contributed by atoms with Crippen molar-refractivity contribution < 1.29 is 9.18 Å². The van der Waals surface area contributed by atoms with Gasteiger partial charge in [0.25, 0.3) is 5.91 Å². The van der Waals surface area contributed by atoms with Crippen LogP contribution in [0.15, 0.2) is 35.2 Å². The summed E-state index contributed by atoms with van der Waals surface area (Å²) in [7, 11) is 0. The Hall–Kier alpha value is -1.29. The molecule has 0 unspecified atom stereocenters. The molecule has 4 heteroatoms. The Kier molecular flexibility index (Phi) is 4.75. The lowest BCUT2D eigenvalue weighted by atomic mass is 10.2. The first-order chi connectivity index (χ1) is 7.95. The molecule has 1 aromatic rings. The van der Waals surface area contributed by atoms with E-state index in [2.05, 4.69) is 19.2 Å². The highest BCUT2D eigenvalue weighted by molar-refractivity contribution is 7.80. The van der Waals surface area contributed by atoms with E-state index in [0.29, 0.717) is 18.7 Å². The normalized spacial score (nSPS) is 10.1. The monoisotopic (exact) mass is 253 g/mol. The molecule has 17 heavy (non-hydrogen) atoms. The first kappa shape index (κ1) is 13.8. The molecule has 1 rings (SSSR count). The number of carbonyl (C=O) groups excluding carboxylic acids is 1. The third-order valence-electron chi connectivity index (χ3n) is 2.32. The molecule has 0 aromatic heterocycles. The first-order valence-electron chi connectivity index (χ1n) is 5.38. The van der Waals surface area contributed by atoms with Crippen molar-refractivity contribution in [2.45, 2.75) is 18.7 Å². The van der Waals surface area contributed by atoms with Crippen molar-refractivity contribution in [3.63, 3.8) is 0 Å². The van der Waals surface area contributed by atoms with E-state index in [4.69, 9.17) is 0 Å². The van der Waals surface area contributed by atoms with Crippen LogP contribution in [0, 0.1) is 5.82 Å². The minimum atomic E-state index is -0.423. The first-order valence-corrected chi connectivity index (χ1v) is 5.82. The molecule has 2 nitrogen and oxygen atoms in total. The van der Waals surface area contributed by atoms with Gasteiger partial charge in [-0.15, -0.1) is 12.6 Å². The fraction of sp³-hybridized carbons (Fsp3) is 0.308. The van der Waals surface area contributed by atoms with Gasteiger partial charge in [0.1, 0.15) is 5.82 Å². The molecule has 1 aromatic carbocycles. The number of nitrogens with zero attached hydrogens (tertiary/aromatic N) is 1. The lowest BCUT2D eigenvalue weighted by Gasteiger charge is -2.21. The average molecular weight is 253 g/mol. The van der Waals surface area contributed by atoms with Crippen molar-refractivity contribution in [2.75, 3.05) is 13.1 Å². The van der Waals surface area contributed by atoms with Gasteiger partial charge >= 0.3 is 0 Å². The molecule has 0 aliphatic carbocycles. The zero-order valence-corrected chi connectivity index (χ0v) is 10.9. The van der Waals surface area contributed by atoms with E-state index in [1.165, 1.54) is 18.2 Å². The minimum Gasteiger partial charge on any atom is -0.335 e. The van der Waals surface area contributed by atoms with Gasteiger partial charge in [-0.1, -0.05) is 12.2 Å². The SMILES string of the molecule is C=C(C)CN(CC)C(=O)c1ccc(F)c(S)c1. The Bertz CT molecular complexity index is 445. The van der Waals surface area contributed by atoms with Gasteiger partial charge in [0.15, 0.2) is 0 Å². The van der Waals surface area contributed by atoms with Gasteiger partial charge in [-0.25, -0.2) is 4.39 Å². The quantitative estimate of drug-likeness (QED) is 0.645. The smallest absolute Gasteiger partial charge is 0.254 e. The third-order valence-corrected chi connectivity index (χ3v) is 2.67. The lowest BCUT2D eigenvalue weighted by Crippen LogP contribution is -2.32. The Labute approximate surface area is 107 Å². The minimum absolute atomic E-state index is 0.134. The van der Waals surface area contributed by atoms with E-state index in [1.807, 2.05) is 13.8 Å². The number of thiol groups is 1. The predicted octanol–water partition coefficient (Wildman–Crippen LogP) is 3.15. The number of hydrogen-bond acceptors (Lipinski definition) is 2. The summed E-state index contributed by atoms with van der Waals surface area (Å²) in [4.78, 5) is 13.9.